The van der Waals surface area contributed by atoms with E-state index >= 15 is 0 Å². The minimum absolute atomic E-state index is 0.0335. The van der Waals surface area contributed by atoms with Crippen LogP contribution in [-0.2, 0) is 11.3 Å². The third-order valence-electron chi connectivity index (χ3n) is 3.59. The molecule has 2 aromatic rings. The first kappa shape index (κ1) is 15.0. The molecule has 1 aromatic heterocycles. The number of rotatable bonds is 5. The lowest BCUT2D eigenvalue weighted by Crippen LogP contribution is -3.09. The van der Waals surface area contributed by atoms with Gasteiger partial charge < -0.3 is 15.2 Å². The Hall–Kier alpha value is -1.92. The monoisotopic (exact) mass is 321 g/mol. The number of hydrogen-bond acceptors (Lipinski definition) is 3. The Morgan fingerprint density at radius 1 is 1.50 bits per heavy atom. The van der Waals surface area contributed by atoms with Crippen LogP contribution < -0.4 is 15.8 Å². The van der Waals surface area contributed by atoms with E-state index < -0.39 is 0 Å². The number of aromatic amines is 1. The fourth-order valence-corrected chi connectivity index (χ4v) is 2.54. The topological polar surface area (TPSA) is 79.3 Å². The van der Waals surface area contributed by atoms with Gasteiger partial charge in [0.05, 0.1) is 18.0 Å². The van der Waals surface area contributed by atoms with Crippen LogP contribution in [0.25, 0.3) is 10.9 Å². The van der Waals surface area contributed by atoms with Crippen LogP contribution in [0.15, 0.2) is 23.0 Å². The number of benzene rings is 1. The molecule has 0 radical (unpaired) electrons. The molecule has 1 fully saturated rings. The summed E-state index contributed by atoms with van der Waals surface area (Å²) in [6.45, 7) is 0.823. The van der Waals surface area contributed by atoms with Gasteiger partial charge in [-0.2, -0.15) is 0 Å². The zero-order chi connectivity index (χ0) is 15.7. The first-order chi connectivity index (χ1) is 10.5. The molecule has 1 saturated carbocycles. The van der Waals surface area contributed by atoms with E-state index in [1.807, 2.05) is 7.05 Å². The van der Waals surface area contributed by atoms with E-state index in [1.165, 1.54) is 0 Å². The standard InChI is InChI=1S/C15H17ClN4O2/c1-20(8-14(21)17-10-3-4-10)7-13-18-12-6-9(16)2-5-11(12)15(22)19-13/h2,5-6,10H,3-4,7-8H2,1H3,(H,17,21)(H,18,19,22)/p+1. The van der Waals surface area contributed by atoms with Crippen LogP contribution >= 0.6 is 11.6 Å². The van der Waals surface area contributed by atoms with Gasteiger partial charge in [-0.05, 0) is 31.0 Å². The molecule has 1 atom stereocenters. The van der Waals surface area contributed by atoms with Crippen molar-refractivity contribution in [2.45, 2.75) is 25.4 Å². The number of amides is 1. The van der Waals surface area contributed by atoms with Crippen molar-refractivity contribution in [1.29, 1.82) is 0 Å². The summed E-state index contributed by atoms with van der Waals surface area (Å²) in [5.41, 5.74) is 0.383. The second kappa shape index (κ2) is 6.06. The molecule has 0 aliphatic heterocycles. The van der Waals surface area contributed by atoms with Crippen molar-refractivity contribution in [1.82, 2.24) is 15.3 Å². The number of carbonyl (C=O) groups is 1. The lowest BCUT2D eigenvalue weighted by molar-refractivity contribution is -0.886. The molecule has 1 aliphatic rings. The molecule has 1 heterocycles. The highest BCUT2D eigenvalue weighted by Gasteiger charge is 2.24. The molecule has 0 bridgehead atoms. The van der Waals surface area contributed by atoms with E-state index in [1.54, 1.807) is 18.2 Å². The molecule has 116 valence electrons. The Morgan fingerprint density at radius 2 is 2.27 bits per heavy atom. The fraction of sp³-hybridized carbons (Fsp3) is 0.400. The number of fused-ring (bicyclic) bond motifs is 1. The van der Waals surface area contributed by atoms with E-state index in [9.17, 15) is 9.59 Å². The predicted molar refractivity (Wildman–Crippen MR) is 84.0 cm³/mol. The molecular weight excluding hydrogens is 304 g/mol. The molecule has 7 heteroatoms. The average molecular weight is 322 g/mol. The zero-order valence-electron chi connectivity index (χ0n) is 12.3. The SMILES string of the molecule is C[NH+](CC(=O)NC1CC1)Cc1nc2cc(Cl)ccc2c(=O)[nH]1. The van der Waals surface area contributed by atoms with Crippen LogP contribution in [0.3, 0.4) is 0 Å². The maximum Gasteiger partial charge on any atom is 0.275 e. The van der Waals surface area contributed by atoms with Crippen LogP contribution in [0.2, 0.25) is 5.02 Å². The fourth-order valence-electron chi connectivity index (χ4n) is 2.37. The van der Waals surface area contributed by atoms with E-state index in [-0.39, 0.29) is 11.5 Å². The van der Waals surface area contributed by atoms with E-state index in [4.69, 9.17) is 11.6 Å². The first-order valence-electron chi connectivity index (χ1n) is 7.30. The molecule has 22 heavy (non-hydrogen) atoms. The van der Waals surface area contributed by atoms with Crippen LogP contribution in [0.5, 0.6) is 0 Å². The maximum atomic E-state index is 12.0. The van der Waals surface area contributed by atoms with Gasteiger partial charge in [-0.1, -0.05) is 11.6 Å². The Labute approximate surface area is 132 Å². The number of likely N-dealkylation sites (N-methyl/N-ethyl adjacent to an activating group) is 1. The highest BCUT2D eigenvalue weighted by molar-refractivity contribution is 6.31. The van der Waals surface area contributed by atoms with Crippen molar-refractivity contribution < 1.29 is 9.69 Å². The Bertz CT molecular complexity index is 770. The van der Waals surface area contributed by atoms with Gasteiger partial charge in [-0.25, -0.2) is 4.98 Å². The molecule has 1 aromatic carbocycles. The van der Waals surface area contributed by atoms with Crippen molar-refractivity contribution >= 4 is 28.4 Å². The van der Waals surface area contributed by atoms with Crippen molar-refractivity contribution in [3.8, 4) is 0 Å². The third kappa shape index (κ3) is 3.64. The zero-order valence-corrected chi connectivity index (χ0v) is 13.0. The summed E-state index contributed by atoms with van der Waals surface area (Å²) in [6, 6.07) is 5.36. The van der Waals surface area contributed by atoms with Gasteiger partial charge in [0.1, 0.15) is 6.54 Å². The number of aromatic nitrogens is 2. The molecule has 3 N–H and O–H groups in total. The van der Waals surface area contributed by atoms with Crippen LogP contribution in [0, 0.1) is 0 Å². The van der Waals surface area contributed by atoms with Crippen molar-refractivity contribution in [3.63, 3.8) is 0 Å². The number of quaternary nitrogens is 1. The first-order valence-corrected chi connectivity index (χ1v) is 7.68. The predicted octanol–water partition coefficient (Wildman–Crippen LogP) is -0.130. The number of halogens is 1. The van der Waals surface area contributed by atoms with Gasteiger partial charge in [0.25, 0.3) is 11.5 Å². The van der Waals surface area contributed by atoms with Gasteiger partial charge in [-0.15, -0.1) is 0 Å². The summed E-state index contributed by atoms with van der Waals surface area (Å²) in [4.78, 5) is 32.0. The highest BCUT2D eigenvalue weighted by Crippen LogP contribution is 2.18. The van der Waals surface area contributed by atoms with Crippen molar-refractivity contribution in [2.75, 3.05) is 13.6 Å². The van der Waals surface area contributed by atoms with Gasteiger partial charge in [0.15, 0.2) is 12.4 Å². The van der Waals surface area contributed by atoms with E-state index in [0.717, 1.165) is 17.7 Å². The van der Waals surface area contributed by atoms with Gasteiger partial charge in [-0.3, -0.25) is 9.59 Å². The minimum atomic E-state index is -0.188. The summed E-state index contributed by atoms with van der Waals surface area (Å²) in [7, 11) is 1.90. The smallest absolute Gasteiger partial charge is 0.275 e. The lowest BCUT2D eigenvalue weighted by Gasteiger charge is -2.13. The largest absolute Gasteiger partial charge is 0.348 e. The number of nitrogens with zero attached hydrogens (tertiary/aromatic N) is 1. The molecule has 0 saturated heterocycles. The van der Waals surface area contributed by atoms with Crippen LogP contribution in [-0.4, -0.2) is 35.5 Å². The Balaban J connectivity index is 1.72. The van der Waals surface area contributed by atoms with Gasteiger partial charge >= 0.3 is 0 Å². The van der Waals surface area contributed by atoms with Gasteiger partial charge in [0, 0.05) is 11.1 Å². The molecule has 1 aliphatic carbocycles. The Morgan fingerprint density at radius 3 is 3.00 bits per heavy atom. The summed E-state index contributed by atoms with van der Waals surface area (Å²) in [5.74, 6) is 0.586. The second-order valence-corrected chi connectivity index (χ2v) is 6.26. The third-order valence-corrected chi connectivity index (χ3v) is 3.83. The van der Waals surface area contributed by atoms with Crippen LogP contribution in [0.1, 0.15) is 18.7 Å². The normalized spacial score (nSPS) is 15.7. The Kier molecular flexibility index (Phi) is 4.13. The second-order valence-electron chi connectivity index (χ2n) is 5.83. The summed E-state index contributed by atoms with van der Waals surface area (Å²) >= 11 is 5.94. The minimum Gasteiger partial charge on any atom is -0.348 e. The molecular formula is C15H18ClN4O2+. The van der Waals surface area contributed by atoms with E-state index in [0.29, 0.717) is 40.9 Å². The molecule has 0 spiro atoms. The molecule has 1 unspecified atom stereocenters. The summed E-state index contributed by atoms with van der Waals surface area (Å²) in [6.07, 6.45) is 2.15. The number of hydrogen-bond donors (Lipinski definition) is 3. The number of H-pyrrole nitrogens is 1. The number of carbonyl (C=O) groups excluding carboxylic acids is 1. The van der Waals surface area contributed by atoms with E-state index in [2.05, 4.69) is 15.3 Å². The number of nitrogens with one attached hydrogen (secondary N) is 3. The highest BCUT2D eigenvalue weighted by atomic mass is 35.5. The van der Waals surface area contributed by atoms with Gasteiger partial charge in [0.2, 0.25) is 0 Å². The lowest BCUT2D eigenvalue weighted by atomic mass is 10.2. The molecule has 3 rings (SSSR count). The molecule has 6 nitrogen and oxygen atoms in total. The summed E-state index contributed by atoms with van der Waals surface area (Å²) in [5, 5.41) is 4.00. The summed E-state index contributed by atoms with van der Waals surface area (Å²) < 4.78 is 0. The quantitative estimate of drug-likeness (QED) is 0.718. The van der Waals surface area contributed by atoms with Crippen molar-refractivity contribution in [2.24, 2.45) is 0 Å². The maximum absolute atomic E-state index is 12.0. The average Bonchev–Trinajstić information content (AvgIpc) is 3.21. The van der Waals surface area contributed by atoms with Crippen LogP contribution in [0.4, 0.5) is 0 Å². The van der Waals surface area contributed by atoms with Crippen molar-refractivity contribution in [3.05, 3.63) is 39.4 Å². The molecule has 1 amide bonds.